The first-order chi connectivity index (χ1) is 15.4. The lowest BCUT2D eigenvalue weighted by Crippen LogP contribution is -2.48. The number of anilines is 2. The summed E-state index contributed by atoms with van der Waals surface area (Å²) in [5.41, 5.74) is 6.60. The van der Waals surface area contributed by atoms with Gasteiger partial charge >= 0.3 is 18.2 Å². The number of carboxylic acids is 1. The van der Waals surface area contributed by atoms with Gasteiger partial charge in [0.05, 0.1) is 24.5 Å². The first kappa shape index (κ1) is 26.1. The number of carboxylic acid groups (broad SMARTS) is 1. The number of alkyl halides is 3. The molecule has 1 aromatic rings. The molecular weight excluding hydrogens is 454 g/mol. The Labute approximate surface area is 186 Å². The number of nitrogens with two attached hydrogens (primary N) is 1. The van der Waals surface area contributed by atoms with Crippen LogP contribution in [-0.2, 0) is 14.3 Å². The summed E-state index contributed by atoms with van der Waals surface area (Å²) in [5.74, 6) is -3.32. The Morgan fingerprint density at radius 3 is 2.33 bits per heavy atom. The summed E-state index contributed by atoms with van der Waals surface area (Å²) in [6.07, 6.45) is -6.07. The molecule has 0 aliphatic carbocycles. The predicted octanol–water partition coefficient (Wildman–Crippen LogP) is 0.958. The first-order valence-corrected chi connectivity index (χ1v) is 9.92. The van der Waals surface area contributed by atoms with Gasteiger partial charge in [-0.05, 0) is 18.2 Å². The number of amides is 2. The zero-order chi connectivity index (χ0) is 24.8. The van der Waals surface area contributed by atoms with Gasteiger partial charge in [0.15, 0.2) is 0 Å². The van der Waals surface area contributed by atoms with E-state index in [4.69, 9.17) is 20.4 Å². The summed E-state index contributed by atoms with van der Waals surface area (Å²) in [4.78, 5) is 37.4. The van der Waals surface area contributed by atoms with Crippen LogP contribution in [-0.4, -0.2) is 86.2 Å². The maximum absolute atomic E-state index is 14.6. The highest BCUT2D eigenvalue weighted by atomic mass is 19.4. The number of aliphatic carboxylic acids is 1. The fourth-order valence-corrected chi connectivity index (χ4v) is 3.19. The Bertz CT molecular complexity index is 861. The Morgan fingerprint density at radius 1 is 1.24 bits per heavy atom. The van der Waals surface area contributed by atoms with Crippen molar-refractivity contribution in [1.29, 1.82) is 0 Å². The van der Waals surface area contributed by atoms with E-state index in [1.807, 2.05) is 4.90 Å². The molecule has 0 unspecified atom stereocenters. The third-order valence-electron chi connectivity index (χ3n) is 4.91. The number of cyclic esters (lactones) is 1. The summed E-state index contributed by atoms with van der Waals surface area (Å²) < 4.78 is 51.6. The largest absolute Gasteiger partial charge is 0.490 e. The lowest BCUT2D eigenvalue weighted by Gasteiger charge is -2.35. The van der Waals surface area contributed by atoms with E-state index in [1.165, 1.54) is 17.9 Å². The fourth-order valence-electron chi connectivity index (χ4n) is 3.19. The highest BCUT2D eigenvalue weighted by molar-refractivity contribution is 5.90. The molecule has 0 radical (unpaired) electrons. The van der Waals surface area contributed by atoms with Gasteiger partial charge in [-0.25, -0.2) is 14.0 Å². The molecule has 10 nitrogen and oxygen atoms in total. The Balaban J connectivity index is 0.000000479. The molecule has 2 amide bonds. The van der Waals surface area contributed by atoms with Crippen molar-refractivity contribution in [2.45, 2.75) is 19.2 Å². The second-order valence-corrected chi connectivity index (χ2v) is 7.28. The monoisotopic (exact) mass is 479 g/mol. The van der Waals surface area contributed by atoms with Gasteiger partial charge in [0.25, 0.3) is 0 Å². The second kappa shape index (κ2) is 11.1. The molecule has 2 aliphatic heterocycles. The third-order valence-corrected chi connectivity index (χ3v) is 4.91. The van der Waals surface area contributed by atoms with Gasteiger partial charge in [-0.15, -0.1) is 0 Å². The summed E-state index contributed by atoms with van der Waals surface area (Å²) in [6, 6.07) is 4.76. The quantitative estimate of drug-likeness (QED) is 0.533. The molecule has 1 aromatic carbocycles. The number of nitrogens with one attached hydrogen (secondary N) is 1. The third kappa shape index (κ3) is 7.46. The van der Waals surface area contributed by atoms with Crippen LogP contribution in [0.25, 0.3) is 0 Å². The maximum Gasteiger partial charge on any atom is 0.490 e. The second-order valence-electron chi connectivity index (χ2n) is 7.28. The lowest BCUT2D eigenvalue weighted by molar-refractivity contribution is -0.192. The van der Waals surface area contributed by atoms with Gasteiger partial charge in [0, 0.05) is 39.8 Å². The van der Waals surface area contributed by atoms with Crippen LogP contribution in [0.3, 0.4) is 0 Å². The molecule has 0 spiro atoms. The topological polar surface area (TPSA) is 128 Å². The number of carbonyl (C=O) groups excluding carboxylic acids is 2. The van der Waals surface area contributed by atoms with E-state index in [9.17, 15) is 27.2 Å². The summed E-state index contributed by atoms with van der Waals surface area (Å²) in [6.45, 7) is 5.41. The van der Waals surface area contributed by atoms with Crippen molar-refractivity contribution < 1.29 is 41.8 Å². The molecule has 0 bridgehead atoms. The van der Waals surface area contributed by atoms with E-state index in [0.29, 0.717) is 31.1 Å². The van der Waals surface area contributed by atoms with Gasteiger partial charge < -0.3 is 25.8 Å². The highest BCUT2D eigenvalue weighted by Crippen LogP contribution is 2.28. The molecule has 2 fully saturated rings. The number of carbonyl (C=O) groups is 3. The Kier molecular flexibility index (Phi) is 8.82. The summed E-state index contributed by atoms with van der Waals surface area (Å²) >= 11 is 0. The zero-order valence-corrected chi connectivity index (χ0v) is 17.8. The molecule has 2 heterocycles. The van der Waals surface area contributed by atoms with Crippen molar-refractivity contribution in [3.05, 3.63) is 24.0 Å². The van der Waals surface area contributed by atoms with Crippen LogP contribution < -0.4 is 20.9 Å². The summed E-state index contributed by atoms with van der Waals surface area (Å²) in [7, 11) is 0. The lowest BCUT2D eigenvalue weighted by atomic mass is 10.2. The van der Waals surface area contributed by atoms with Crippen molar-refractivity contribution in [1.82, 2.24) is 10.2 Å². The number of piperazine rings is 1. The fraction of sp³-hybridized carbons (Fsp3) is 0.526. The van der Waals surface area contributed by atoms with Gasteiger partial charge in [0.1, 0.15) is 11.9 Å². The van der Waals surface area contributed by atoms with Crippen LogP contribution in [0.4, 0.5) is 33.7 Å². The molecule has 4 N–H and O–H groups in total. The van der Waals surface area contributed by atoms with Crippen molar-refractivity contribution >= 4 is 29.3 Å². The molecule has 3 rings (SSSR count). The molecule has 184 valence electrons. The first-order valence-electron chi connectivity index (χ1n) is 9.92. The van der Waals surface area contributed by atoms with Crippen LogP contribution in [0.5, 0.6) is 0 Å². The van der Waals surface area contributed by atoms with E-state index >= 15 is 0 Å². The van der Waals surface area contributed by atoms with Crippen molar-refractivity contribution in [2.24, 2.45) is 5.73 Å². The van der Waals surface area contributed by atoms with Gasteiger partial charge in [-0.3, -0.25) is 14.6 Å². The number of hydrogen-bond acceptors (Lipinski definition) is 7. The number of ether oxygens (including phenoxy) is 1. The number of halogens is 4. The normalized spacial score (nSPS) is 19.0. The smallest absolute Gasteiger partial charge is 0.475 e. The van der Waals surface area contributed by atoms with Crippen LogP contribution in [0.2, 0.25) is 0 Å². The number of rotatable bonds is 5. The van der Waals surface area contributed by atoms with E-state index in [-0.39, 0.29) is 24.8 Å². The minimum Gasteiger partial charge on any atom is -0.475 e. The maximum atomic E-state index is 14.6. The van der Waals surface area contributed by atoms with Gasteiger partial charge in [-0.1, -0.05) is 0 Å². The number of nitrogens with zero attached hydrogens (tertiary/aromatic N) is 3. The predicted molar refractivity (Wildman–Crippen MR) is 109 cm³/mol. The van der Waals surface area contributed by atoms with E-state index in [2.05, 4.69) is 10.2 Å². The van der Waals surface area contributed by atoms with Crippen LogP contribution in [0, 0.1) is 5.82 Å². The standard InChI is InChI=1S/C17H24FN5O3.C2HF3O2/c1-12(24)20-9-14-10-23(17(25)26-14)13-2-3-16(15(18)8-13)22-6-4-21(11-19)5-7-22;3-2(4,5)1(6)7/h2-3,8,14H,4-7,9-11,19H2,1H3,(H,20,24);(H,6,7)/t14-;/m0./s1. The molecule has 2 aliphatic rings. The Hall–Kier alpha value is -3.13. The van der Waals surface area contributed by atoms with Crippen LogP contribution in [0.15, 0.2) is 18.2 Å². The average molecular weight is 479 g/mol. The van der Waals surface area contributed by atoms with Crippen LogP contribution in [0.1, 0.15) is 6.92 Å². The van der Waals surface area contributed by atoms with Crippen molar-refractivity contribution in [2.75, 3.05) is 55.7 Å². The minimum absolute atomic E-state index is 0.190. The van der Waals surface area contributed by atoms with Crippen LogP contribution >= 0.6 is 0 Å². The minimum atomic E-state index is -5.08. The molecule has 0 aromatic heterocycles. The van der Waals surface area contributed by atoms with E-state index < -0.39 is 24.3 Å². The average Bonchev–Trinajstić information content (AvgIpc) is 3.12. The van der Waals surface area contributed by atoms with Crippen molar-refractivity contribution in [3.63, 3.8) is 0 Å². The zero-order valence-electron chi connectivity index (χ0n) is 17.8. The number of benzene rings is 1. The number of hydrogen-bond donors (Lipinski definition) is 3. The Morgan fingerprint density at radius 2 is 1.85 bits per heavy atom. The highest BCUT2D eigenvalue weighted by Gasteiger charge is 2.38. The SMILES string of the molecule is CC(=O)NC[C@H]1CN(c2ccc(N3CCN(CN)CC3)c(F)c2)C(=O)O1.O=C(O)C(F)(F)F. The van der Waals surface area contributed by atoms with E-state index in [1.54, 1.807) is 12.1 Å². The van der Waals surface area contributed by atoms with Gasteiger partial charge in [-0.2, -0.15) is 13.2 Å². The van der Waals surface area contributed by atoms with Crippen molar-refractivity contribution in [3.8, 4) is 0 Å². The molecule has 14 heteroatoms. The summed E-state index contributed by atoms with van der Waals surface area (Å²) in [5, 5.41) is 9.74. The molecule has 2 saturated heterocycles. The van der Waals surface area contributed by atoms with E-state index in [0.717, 1.165) is 13.1 Å². The molecule has 0 saturated carbocycles. The molecule has 33 heavy (non-hydrogen) atoms. The molecule has 1 atom stereocenters. The molecular formula is C19H25F4N5O5. The van der Waals surface area contributed by atoms with Gasteiger partial charge in [0.2, 0.25) is 5.91 Å².